The Morgan fingerprint density at radius 1 is 1.00 bits per heavy atom. The molecule has 1 aromatic rings. The van der Waals surface area contributed by atoms with Gasteiger partial charge in [-0.2, -0.15) is 0 Å². The predicted octanol–water partition coefficient (Wildman–Crippen LogP) is 3.09. The van der Waals surface area contributed by atoms with E-state index in [-0.39, 0.29) is 29.6 Å². The van der Waals surface area contributed by atoms with Crippen molar-refractivity contribution in [3.05, 3.63) is 42.0 Å². The molecule has 0 saturated carbocycles. The molecule has 1 fully saturated rings. The maximum Gasteiger partial charge on any atom is 0.247 e. The van der Waals surface area contributed by atoms with Crippen molar-refractivity contribution < 1.29 is 14.4 Å². The minimum absolute atomic E-state index is 0.225. The molecule has 1 saturated heterocycles. The van der Waals surface area contributed by atoms with E-state index in [0.717, 1.165) is 4.90 Å². The van der Waals surface area contributed by atoms with Gasteiger partial charge in [-0.3, -0.25) is 19.3 Å². The highest BCUT2D eigenvalue weighted by Gasteiger charge is 2.50. The second kappa shape index (κ2) is 6.82. The first kappa shape index (κ1) is 17.4. The minimum Gasteiger partial charge on any atom is -0.324 e. The largest absolute Gasteiger partial charge is 0.324 e. The second-order valence-electron chi connectivity index (χ2n) is 7.14. The molecule has 1 N–H and O–H groups in total. The summed E-state index contributed by atoms with van der Waals surface area (Å²) in [6, 6.07) is 6.82. The molecule has 132 valence electrons. The van der Waals surface area contributed by atoms with Crippen molar-refractivity contribution in [3.63, 3.8) is 0 Å². The fourth-order valence-corrected chi connectivity index (χ4v) is 3.52. The summed E-state index contributed by atoms with van der Waals surface area (Å²) in [5.74, 6) is -0.989. The van der Waals surface area contributed by atoms with Gasteiger partial charge < -0.3 is 5.32 Å². The van der Waals surface area contributed by atoms with Crippen LogP contribution >= 0.6 is 0 Å². The molecule has 0 unspecified atom stereocenters. The minimum atomic E-state index is -0.810. The Labute approximate surface area is 148 Å². The van der Waals surface area contributed by atoms with Gasteiger partial charge in [-0.05, 0) is 43.4 Å². The van der Waals surface area contributed by atoms with Crippen molar-refractivity contribution in [1.82, 2.24) is 4.90 Å². The highest BCUT2D eigenvalue weighted by Crippen LogP contribution is 2.36. The molecule has 3 amide bonds. The number of nitrogens with zero attached hydrogens (tertiary/aromatic N) is 1. The normalized spacial score (nSPS) is 23.8. The average Bonchev–Trinajstić information content (AvgIpc) is 2.86. The molecule has 5 heteroatoms. The quantitative estimate of drug-likeness (QED) is 0.676. The zero-order chi connectivity index (χ0) is 18.1. The van der Waals surface area contributed by atoms with Gasteiger partial charge in [-0.1, -0.05) is 38.1 Å². The first-order chi connectivity index (χ1) is 11.9. The van der Waals surface area contributed by atoms with E-state index < -0.39 is 6.04 Å². The molecule has 3 rings (SSSR count). The van der Waals surface area contributed by atoms with Crippen molar-refractivity contribution in [1.29, 1.82) is 0 Å². The van der Waals surface area contributed by atoms with Crippen LogP contribution in [0, 0.1) is 11.8 Å². The molecule has 1 aliphatic heterocycles. The van der Waals surface area contributed by atoms with Gasteiger partial charge in [0.1, 0.15) is 6.04 Å². The number of hydrogen-bond donors (Lipinski definition) is 1. The van der Waals surface area contributed by atoms with Crippen LogP contribution < -0.4 is 5.32 Å². The summed E-state index contributed by atoms with van der Waals surface area (Å²) in [7, 11) is 0. The fourth-order valence-electron chi connectivity index (χ4n) is 3.52. The molecule has 1 aromatic carbocycles. The fraction of sp³-hybridized carbons (Fsp3) is 0.450. The summed E-state index contributed by atoms with van der Waals surface area (Å²) in [5.41, 5.74) is 1.85. The molecule has 2 aliphatic rings. The monoisotopic (exact) mass is 340 g/mol. The van der Waals surface area contributed by atoms with Gasteiger partial charge in [0.15, 0.2) is 0 Å². The molecule has 3 atom stereocenters. The van der Waals surface area contributed by atoms with E-state index in [1.807, 2.05) is 36.4 Å². The van der Waals surface area contributed by atoms with Crippen LogP contribution in [-0.2, 0) is 14.4 Å². The third-order valence-corrected chi connectivity index (χ3v) is 5.15. The van der Waals surface area contributed by atoms with E-state index in [1.165, 1.54) is 5.56 Å². The van der Waals surface area contributed by atoms with Crippen molar-refractivity contribution in [3.8, 4) is 0 Å². The summed E-state index contributed by atoms with van der Waals surface area (Å²) in [6.07, 6.45) is 5.04. The Bertz CT molecular complexity index is 695. The van der Waals surface area contributed by atoms with E-state index >= 15 is 0 Å². The lowest BCUT2D eigenvalue weighted by Crippen LogP contribution is -2.46. The van der Waals surface area contributed by atoms with Gasteiger partial charge in [0, 0.05) is 5.69 Å². The summed E-state index contributed by atoms with van der Waals surface area (Å²) < 4.78 is 0. The molecule has 25 heavy (non-hydrogen) atoms. The Kier molecular flexibility index (Phi) is 4.75. The van der Waals surface area contributed by atoms with Crippen LogP contribution in [0.2, 0.25) is 0 Å². The molecular formula is C20H24N2O3. The lowest BCUT2D eigenvalue weighted by molar-refractivity contribution is -0.146. The summed E-state index contributed by atoms with van der Waals surface area (Å²) in [4.78, 5) is 38.8. The number of amides is 3. The van der Waals surface area contributed by atoms with Gasteiger partial charge in [-0.15, -0.1) is 0 Å². The number of allylic oxidation sites excluding steroid dienone is 2. The van der Waals surface area contributed by atoms with Gasteiger partial charge >= 0.3 is 0 Å². The molecule has 0 aromatic heterocycles. The molecule has 1 heterocycles. The number of likely N-dealkylation sites (tertiary alicyclic amines) is 1. The Morgan fingerprint density at radius 2 is 1.52 bits per heavy atom. The lowest BCUT2D eigenvalue weighted by Gasteiger charge is -2.22. The number of carbonyl (C=O) groups excluding carboxylic acids is 3. The van der Waals surface area contributed by atoms with Crippen molar-refractivity contribution in [2.24, 2.45) is 11.8 Å². The number of carbonyl (C=O) groups is 3. The summed E-state index contributed by atoms with van der Waals surface area (Å²) >= 11 is 0. The van der Waals surface area contributed by atoms with Gasteiger partial charge in [-0.25, -0.2) is 0 Å². The Balaban J connectivity index is 1.70. The van der Waals surface area contributed by atoms with E-state index in [1.54, 1.807) is 6.92 Å². The summed E-state index contributed by atoms with van der Waals surface area (Å²) in [5, 5.41) is 2.81. The molecule has 0 radical (unpaired) electrons. The number of rotatable bonds is 4. The van der Waals surface area contributed by atoms with Crippen molar-refractivity contribution in [2.45, 2.75) is 45.6 Å². The predicted molar refractivity (Wildman–Crippen MR) is 95.8 cm³/mol. The van der Waals surface area contributed by atoms with Crippen molar-refractivity contribution in [2.75, 3.05) is 5.32 Å². The van der Waals surface area contributed by atoms with Gasteiger partial charge in [0.05, 0.1) is 11.8 Å². The number of imide groups is 1. The third-order valence-electron chi connectivity index (χ3n) is 5.15. The van der Waals surface area contributed by atoms with E-state index in [4.69, 9.17) is 0 Å². The zero-order valence-corrected chi connectivity index (χ0v) is 14.9. The average molecular weight is 340 g/mol. The van der Waals surface area contributed by atoms with Crippen LogP contribution in [0.4, 0.5) is 5.69 Å². The molecule has 5 nitrogen and oxygen atoms in total. The van der Waals surface area contributed by atoms with Crippen LogP contribution in [0.15, 0.2) is 36.4 Å². The van der Waals surface area contributed by atoms with Gasteiger partial charge in [0.25, 0.3) is 0 Å². The maximum absolute atomic E-state index is 12.6. The number of benzene rings is 1. The molecule has 1 aliphatic carbocycles. The molecular weight excluding hydrogens is 316 g/mol. The molecule has 0 bridgehead atoms. The topological polar surface area (TPSA) is 66.5 Å². The summed E-state index contributed by atoms with van der Waals surface area (Å²) in [6.45, 7) is 5.82. The number of nitrogens with one attached hydrogen (secondary N) is 1. The maximum atomic E-state index is 12.6. The van der Waals surface area contributed by atoms with Crippen LogP contribution in [-0.4, -0.2) is 28.7 Å². The van der Waals surface area contributed by atoms with E-state index in [0.29, 0.717) is 24.4 Å². The molecule has 0 spiro atoms. The van der Waals surface area contributed by atoms with E-state index in [2.05, 4.69) is 19.2 Å². The lowest BCUT2D eigenvalue weighted by atomic mass is 9.85. The highest BCUT2D eigenvalue weighted by atomic mass is 16.2. The SMILES string of the molecule is CC(C)c1ccc(NC(=O)[C@H](C)N2C(=O)[C@@H]3CC=CC[C@H]3C2=O)cc1. The van der Waals surface area contributed by atoms with E-state index in [9.17, 15) is 14.4 Å². The first-order valence-electron chi connectivity index (χ1n) is 8.83. The van der Waals surface area contributed by atoms with Crippen molar-refractivity contribution >= 4 is 23.4 Å². The Hall–Kier alpha value is -2.43. The number of fused-ring (bicyclic) bond motifs is 1. The number of hydrogen-bond acceptors (Lipinski definition) is 3. The zero-order valence-electron chi connectivity index (χ0n) is 14.9. The third kappa shape index (κ3) is 3.23. The first-order valence-corrected chi connectivity index (χ1v) is 8.83. The van der Waals surface area contributed by atoms with Gasteiger partial charge in [0.2, 0.25) is 17.7 Å². The number of anilines is 1. The van der Waals surface area contributed by atoms with Crippen LogP contribution in [0.5, 0.6) is 0 Å². The highest BCUT2D eigenvalue weighted by molar-refractivity contribution is 6.10. The standard InChI is InChI=1S/C20H24N2O3/c1-12(2)14-8-10-15(11-9-14)21-18(23)13(3)22-19(24)16-6-4-5-7-17(16)20(22)25/h4-5,8-13,16-17H,6-7H2,1-3H3,(H,21,23)/t13-,16+,17+/m0/s1. The van der Waals surface area contributed by atoms with Crippen LogP contribution in [0.25, 0.3) is 0 Å². The smallest absolute Gasteiger partial charge is 0.247 e. The Morgan fingerprint density at radius 3 is 2.00 bits per heavy atom. The second-order valence-corrected chi connectivity index (χ2v) is 7.14. The van der Waals surface area contributed by atoms with Crippen LogP contribution in [0.3, 0.4) is 0 Å². The van der Waals surface area contributed by atoms with Crippen LogP contribution in [0.1, 0.15) is 45.1 Å².